The van der Waals surface area contributed by atoms with Crippen LogP contribution in [-0.4, -0.2) is 0 Å². The molecular weight excluding hydrogens is 363 g/mol. The second-order valence-electron chi connectivity index (χ2n) is 4.81. The average molecular weight is 376 g/mol. The highest BCUT2D eigenvalue weighted by Gasteiger charge is 2.24. The van der Waals surface area contributed by atoms with E-state index in [0.717, 1.165) is 17.7 Å². The molecule has 0 saturated heterocycles. The summed E-state index contributed by atoms with van der Waals surface area (Å²) in [6.07, 6.45) is 3.42. The maximum absolute atomic E-state index is 14.3. The molecule has 0 spiro atoms. The molecule has 1 unspecified atom stereocenters. The van der Waals surface area contributed by atoms with E-state index < -0.39 is 5.82 Å². The van der Waals surface area contributed by atoms with E-state index >= 15 is 0 Å². The minimum atomic E-state index is -0.433. The monoisotopic (exact) mass is 374 g/mol. The second kappa shape index (κ2) is 5.73. The first kappa shape index (κ1) is 14.5. The van der Waals surface area contributed by atoms with Crippen molar-refractivity contribution in [1.29, 1.82) is 0 Å². The highest BCUT2D eigenvalue weighted by Crippen LogP contribution is 2.38. The van der Waals surface area contributed by atoms with Crippen molar-refractivity contribution in [3.8, 4) is 0 Å². The van der Waals surface area contributed by atoms with Crippen LogP contribution in [0.5, 0.6) is 0 Å². The van der Waals surface area contributed by atoms with Gasteiger partial charge in [0.25, 0.3) is 0 Å². The van der Waals surface area contributed by atoms with Crippen molar-refractivity contribution >= 4 is 38.9 Å². The Morgan fingerprint density at radius 3 is 2.90 bits per heavy atom. The molecule has 0 fully saturated rings. The molecule has 6 heteroatoms. The highest BCUT2D eigenvalue weighted by molar-refractivity contribution is 9.10. The molecule has 1 heterocycles. The Morgan fingerprint density at radius 2 is 2.20 bits per heavy atom. The summed E-state index contributed by atoms with van der Waals surface area (Å²) in [6.45, 7) is 0. The van der Waals surface area contributed by atoms with Gasteiger partial charge >= 0.3 is 0 Å². The van der Waals surface area contributed by atoms with Crippen molar-refractivity contribution < 1.29 is 4.39 Å². The Labute approximate surface area is 134 Å². The van der Waals surface area contributed by atoms with Gasteiger partial charge in [-0.25, -0.2) is 9.82 Å². The molecule has 106 valence electrons. The molecule has 1 aromatic heterocycles. The largest absolute Gasteiger partial charge is 0.271 e. The predicted molar refractivity (Wildman–Crippen MR) is 84.6 cm³/mol. The first-order valence-corrected chi connectivity index (χ1v) is 8.31. The number of hydrazine groups is 1. The normalized spacial score (nSPS) is 15.4. The minimum absolute atomic E-state index is 0.0897. The Bertz CT molecular complexity index is 637. The Hall–Kier alpha value is -0.460. The van der Waals surface area contributed by atoms with Crippen LogP contribution in [0.25, 0.3) is 0 Å². The van der Waals surface area contributed by atoms with E-state index in [4.69, 9.17) is 17.4 Å². The number of hydrogen-bond acceptors (Lipinski definition) is 3. The first-order valence-electron chi connectivity index (χ1n) is 6.33. The summed E-state index contributed by atoms with van der Waals surface area (Å²) in [6, 6.07) is 5.22. The van der Waals surface area contributed by atoms with Gasteiger partial charge in [-0.3, -0.25) is 5.84 Å². The van der Waals surface area contributed by atoms with Crippen LogP contribution in [0.2, 0.25) is 5.02 Å². The number of benzene rings is 1. The quantitative estimate of drug-likeness (QED) is 0.476. The molecule has 1 aliphatic carbocycles. The zero-order chi connectivity index (χ0) is 14.3. The number of hydrogen-bond donors (Lipinski definition) is 2. The van der Waals surface area contributed by atoms with Gasteiger partial charge in [0.15, 0.2) is 0 Å². The Balaban J connectivity index is 2.03. The Kier molecular flexibility index (Phi) is 4.15. The zero-order valence-corrected chi connectivity index (χ0v) is 13.7. The number of halogens is 3. The fraction of sp³-hybridized carbons (Fsp3) is 0.286. The van der Waals surface area contributed by atoms with Crippen molar-refractivity contribution in [3.05, 3.63) is 54.4 Å². The predicted octanol–water partition coefficient (Wildman–Crippen LogP) is 4.34. The fourth-order valence-electron chi connectivity index (χ4n) is 2.58. The highest BCUT2D eigenvalue weighted by atomic mass is 79.9. The van der Waals surface area contributed by atoms with Crippen LogP contribution in [0.1, 0.15) is 33.3 Å². The number of fused-ring (bicyclic) bond motifs is 1. The molecule has 20 heavy (non-hydrogen) atoms. The van der Waals surface area contributed by atoms with Crippen LogP contribution >= 0.6 is 38.9 Å². The van der Waals surface area contributed by atoms with E-state index in [1.54, 1.807) is 23.5 Å². The van der Waals surface area contributed by atoms with E-state index in [2.05, 4.69) is 27.4 Å². The van der Waals surface area contributed by atoms with Crippen LogP contribution in [-0.2, 0) is 12.8 Å². The summed E-state index contributed by atoms with van der Waals surface area (Å²) < 4.78 is 14.9. The summed E-state index contributed by atoms with van der Waals surface area (Å²) >= 11 is 10.9. The first-order chi connectivity index (χ1) is 9.61. The third kappa shape index (κ3) is 2.42. The van der Waals surface area contributed by atoms with E-state index in [1.165, 1.54) is 16.9 Å². The van der Waals surface area contributed by atoms with Crippen LogP contribution in [0.15, 0.2) is 22.7 Å². The van der Waals surface area contributed by atoms with Gasteiger partial charge in [-0.2, -0.15) is 0 Å². The molecule has 0 amide bonds. The maximum Gasteiger partial charge on any atom is 0.148 e. The van der Waals surface area contributed by atoms with Gasteiger partial charge in [0.2, 0.25) is 0 Å². The standard InChI is InChI=1S/C14H13BrClFN2S/c15-9-5-4-8(13(17)12(9)16)14(19-18)11-6-7-2-1-3-10(7)20-11/h4-6,14,19H,1-3,18H2. The van der Waals surface area contributed by atoms with Gasteiger partial charge < -0.3 is 0 Å². The molecule has 3 rings (SSSR count). The van der Waals surface area contributed by atoms with Crippen LogP contribution < -0.4 is 11.3 Å². The lowest BCUT2D eigenvalue weighted by Gasteiger charge is -2.16. The van der Waals surface area contributed by atoms with Crippen molar-refractivity contribution in [2.45, 2.75) is 25.3 Å². The van der Waals surface area contributed by atoms with E-state index in [0.29, 0.717) is 10.0 Å². The summed E-state index contributed by atoms with van der Waals surface area (Å²) in [5.74, 6) is 5.22. The summed E-state index contributed by atoms with van der Waals surface area (Å²) in [5.41, 5.74) is 4.55. The van der Waals surface area contributed by atoms with Crippen LogP contribution in [0.4, 0.5) is 4.39 Å². The van der Waals surface area contributed by atoms with Gasteiger partial charge in [-0.1, -0.05) is 17.7 Å². The number of aryl methyl sites for hydroxylation is 2. The third-order valence-corrected chi connectivity index (χ3v) is 6.15. The number of nitrogens with one attached hydrogen (secondary N) is 1. The van der Waals surface area contributed by atoms with E-state index in [1.807, 2.05) is 0 Å². The maximum atomic E-state index is 14.3. The third-order valence-electron chi connectivity index (χ3n) is 3.59. The minimum Gasteiger partial charge on any atom is -0.271 e. The zero-order valence-electron chi connectivity index (χ0n) is 10.6. The number of rotatable bonds is 3. The fourth-order valence-corrected chi connectivity index (χ4v) is 4.40. The topological polar surface area (TPSA) is 38.0 Å². The molecule has 1 atom stereocenters. The summed E-state index contributed by atoms with van der Waals surface area (Å²) in [5, 5.41) is 0.0897. The van der Waals surface area contributed by atoms with Crippen molar-refractivity contribution in [2.75, 3.05) is 0 Å². The molecule has 2 aromatic rings. The smallest absolute Gasteiger partial charge is 0.148 e. The van der Waals surface area contributed by atoms with Gasteiger partial charge in [-0.15, -0.1) is 11.3 Å². The molecule has 0 radical (unpaired) electrons. The second-order valence-corrected chi connectivity index (χ2v) is 7.22. The summed E-state index contributed by atoms with van der Waals surface area (Å²) in [4.78, 5) is 2.43. The molecule has 1 aliphatic rings. The molecule has 0 aliphatic heterocycles. The Morgan fingerprint density at radius 1 is 1.40 bits per heavy atom. The number of thiophene rings is 1. The van der Waals surface area contributed by atoms with Crippen LogP contribution in [0, 0.1) is 5.82 Å². The molecule has 1 aromatic carbocycles. The van der Waals surface area contributed by atoms with Gasteiger partial charge in [0.05, 0.1) is 11.1 Å². The van der Waals surface area contributed by atoms with Crippen molar-refractivity contribution in [1.82, 2.24) is 5.43 Å². The molecule has 3 N–H and O–H groups in total. The van der Waals surface area contributed by atoms with Crippen molar-refractivity contribution in [3.63, 3.8) is 0 Å². The van der Waals surface area contributed by atoms with Gasteiger partial charge in [-0.05, 0) is 52.9 Å². The lowest BCUT2D eigenvalue weighted by Crippen LogP contribution is -2.29. The van der Waals surface area contributed by atoms with E-state index in [9.17, 15) is 4.39 Å². The van der Waals surface area contributed by atoms with Gasteiger partial charge in [0, 0.05) is 19.8 Å². The van der Waals surface area contributed by atoms with Crippen LogP contribution in [0.3, 0.4) is 0 Å². The SMILES string of the molecule is NNC(c1cc2c(s1)CCC2)c1ccc(Br)c(Cl)c1F. The van der Waals surface area contributed by atoms with Gasteiger partial charge in [0.1, 0.15) is 5.82 Å². The lowest BCUT2D eigenvalue weighted by molar-refractivity contribution is 0.564. The number of nitrogens with two attached hydrogens (primary N) is 1. The molecule has 0 saturated carbocycles. The molecule has 0 bridgehead atoms. The molecular formula is C14H13BrClFN2S. The summed E-state index contributed by atoms with van der Waals surface area (Å²) in [7, 11) is 0. The van der Waals surface area contributed by atoms with Crippen molar-refractivity contribution in [2.24, 2.45) is 5.84 Å². The molecule has 2 nitrogen and oxygen atoms in total. The van der Waals surface area contributed by atoms with E-state index in [-0.39, 0.29) is 11.1 Å². The lowest BCUT2D eigenvalue weighted by atomic mass is 10.0. The average Bonchev–Trinajstić information content (AvgIpc) is 3.00.